The van der Waals surface area contributed by atoms with Crippen molar-refractivity contribution < 1.29 is 4.79 Å². The number of amides is 1. The van der Waals surface area contributed by atoms with Gasteiger partial charge in [-0.1, -0.05) is 24.3 Å². The van der Waals surface area contributed by atoms with E-state index in [0.29, 0.717) is 23.0 Å². The lowest BCUT2D eigenvalue weighted by Gasteiger charge is -2.29. The van der Waals surface area contributed by atoms with Gasteiger partial charge in [-0.3, -0.25) is 9.89 Å². The molecule has 1 unspecified atom stereocenters. The number of likely N-dealkylation sites (N-methyl/N-ethyl adjacent to an activating group) is 1. The summed E-state index contributed by atoms with van der Waals surface area (Å²) in [5.74, 6) is 1.08. The number of carbonyl (C=O) groups is 1. The zero-order valence-electron chi connectivity index (χ0n) is 23.4. The van der Waals surface area contributed by atoms with Gasteiger partial charge < -0.3 is 20.9 Å². The minimum absolute atomic E-state index is 0.135. The fourth-order valence-electron chi connectivity index (χ4n) is 6.14. The molecular formula is C32H34N8O. The minimum Gasteiger partial charge on any atom is -0.368 e. The van der Waals surface area contributed by atoms with Gasteiger partial charge in [-0.05, 0) is 87.5 Å². The molecule has 2 aliphatic rings. The van der Waals surface area contributed by atoms with Crippen LogP contribution in [0.4, 0.5) is 11.6 Å². The summed E-state index contributed by atoms with van der Waals surface area (Å²) in [7, 11) is 2.16. The maximum atomic E-state index is 13.1. The number of aromatic nitrogens is 5. The zero-order chi connectivity index (χ0) is 28.1. The Bertz CT molecular complexity index is 1750. The largest absolute Gasteiger partial charge is 0.368 e. The number of carbonyl (C=O) groups excluding carboxylic acids is 1. The normalized spacial score (nSPS) is 17.7. The number of nitrogen functional groups attached to an aromatic ring is 1. The van der Waals surface area contributed by atoms with Crippen LogP contribution in [-0.2, 0) is 0 Å². The molecular weight excluding hydrogens is 512 g/mol. The first-order valence-electron chi connectivity index (χ1n) is 14.3. The number of hydrogen-bond donors (Lipinski definition) is 4. The van der Waals surface area contributed by atoms with Crippen molar-refractivity contribution in [1.82, 2.24) is 30.0 Å². The van der Waals surface area contributed by atoms with E-state index < -0.39 is 0 Å². The van der Waals surface area contributed by atoms with Crippen molar-refractivity contribution in [3.05, 3.63) is 77.1 Å². The van der Waals surface area contributed by atoms with Gasteiger partial charge >= 0.3 is 0 Å². The predicted molar refractivity (Wildman–Crippen MR) is 162 cm³/mol. The van der Waals surface area contributed by atoms with Crippen molar-refractivity contribution in [3.8, 4) is 22.5 Å². The molecule has 0 radical (unpaired) electrons. The molecule has 1 atom stereocenters. The van der Waals surface area contributed by atoms with Crippen LogP contribution < -0.4 is 11.1 Å². The second-order valence-corrected chi connectivity index (χ2v) is 11.5. The van der Waals surface area contributed by atoms with Crippen LogP contribution in [-0.4, -0.2) is 56.1 Å². The van der Waals surface area contributed by atoms with E-state index in [1.165, 1.54) is 18.4 Å². The van der Waals surface area contributed by atoms with Gasteiger partial charge in [0.2, 0.25) is 5.95 Å². The quantitative estimate of drug-likeness (QED) is 0.212. The number of hydrogen-bond acceptors (Lipinski definition) is 6. The molecule has 2 aromatic carbocycles. The van der Waals surface area contributed by atoms with Crippen molar-refractivity contribution in [2.45, 2.75) is 44.4 Å². The second kappa shape index (κ2) is 10.2. The topological polar surface area (TPSA) is 129 Å². The number of rotatable bonds is 6. The van der Waals surface area contributed by atoms with Crippen molar-refractivity contribution in [1.29, 1.82) is 0 Å². The molecule has 9 heteroatoms. The summed E-state index contributed by atoms with van der Waals surface area (Å²) in [6.07, 6.45) is 6.70. The summed E-state index contributed by atoms with van der Waals surface area (Å²) < 4.78 is 0. The van der Waals surface area contributed by atoms with Crippen molar-refractivity contribution in [2.75, 3.05) is 31.2 Å². The van der Waals surface area contributed by atoms with Gasteiger partial charge in [0.25, 0.3) is 5.91 Å². The first-order chi connectivity index (χ1) is 19.9. The van der Waals surface area contributed by atoms with Crippen LogP contribution in [0.5, 0.6) is 0 Å². The molecule has 1 amide bonds. The number of nitrogens with two attached hydrogens (primary N) is 1. The van der Waals surface area contributed by atoms with Crippen molar-refractivity contribution in [3.63, 3.8) is 0 Å². The number of fused-ring (bicyclic) bond motifs is 1. The summed E-state index contributed by atoms with van der Waals surface area (Å²) in [6.45, 7) is 4.09. The lowest BCUT2D eigenvalue weighted by Crippen LogP contribution is -2.31. The minimum atomic E-state index is -0.135. The summed E-state index contributed by atoms with van der Waals surface area (Å²) in [6, 6.07) is 15.9. The summed E-state index contributed by atoms with van der Waals surface area (Å²) >= 11 is 0. The molecule has 1 saturated carbocycles. The SMILES string of the molecule is Cc1c(NC(=O)c2ccc(C3CC3)cc2)cccc1-c1nc(N)nc2[nH]c(-c3c[nH]nc3C3CCCN(C)C3)cc12. The van der Waals surface area contributed by atoms with E-state index >= 15 is 0 Å². The highest BCUT2D eigenvalue weighted by Crippen LogP contribution is 2.40. The fraction of sp³-hybridized carbons (Fsp3) is 0.312. The highest BCUT2D eigenvalue weighted by molar-refractivity contribution is 6.05. The second-order valence-electron chi connectivity index (χ2n) is 11.5. The number of nitrogens with one attached hydrogen (secondary N) is 3. The van der Waals surface area contributed by atoms with Crippen LogP contribution in [0.1, 0.15) is 64.7 Å². The molecule has 7 rings (SSSR count). The molecule has 1 aliphatic carbocycles. The van der Waals surface area contributed by atoms with Gasteiger partial charge in [-0.25, -0.2) is 4.98 Å². The highest BCUT2D eigenvalue weighted by atomic mass is 16.1. The monoisotopic (exact) mass is 546 g/mol. The Kier molecular flexibility index (Phi) is 6.31. The van der Waals surface area contributed by atoms with E-state index in [2.05, 4.69) is 60.6 Å². The Morgan fingerprint density at radius 3 is 2.66 bits per heavy atom. The molecule has 4 heterocycles. The lowest BCUT2D eigenvalue weighted by atomic mass is 9.92. The Morgan fingerprint density at radius 2 is 1.88 bits per heavy atom. The maximum absolute atomic E-state index is 13.1. The smallest absolute Gasteiger partial charge is 0.255 e. The average Bonchev–Trinajstić information content (AvgIpc) is 3.55. The van der Waals surface area contributed by atoms with Crippen LogP contribution >= 0.6 is 0 Å². The van der Waals surface area contributed by atoms with E-state index in [1.54, 1.807) is 0 Å². The molecule has 41 heavy (non-hydrogen) atoms. The summed E-state index contributed by atoms with van der Waals surface area (Å²) in [5, 5.41) is 11.7. The third-order valence-corrected chi connectivity index (χ3v) is 8.53. The van der Waals surface area contributed by atoms with Gasteiger partial charge in [0.15, 0.2) is 0 Å². The van der Waals surface area contributed by atoms with Gasteiger partial charge in [-0.2, -0.15) is 10.1 Å². The van der Waals surface area contributed by atoms with Crippen LogP contribution in [0.25, 0.3) is 33.5 Å². The molecule has 0 spiro atoms. The average molecular weight is 547 g/mol. The molecule has 2 fully saturated rings. The number of H-pyrrole nitrogens is 2. The van der Waals surface area contributed by atoms with Gasteiger partial charge in [0, 0.05) is 46.4 Å². The van der Waals surface area contributed by atoms with E-state index in [0.717, 1.165) is 70.8 Å². The number of likely N-dealkylation sites (tertiary alicyclic amines) is 1. The Labute approximate surface area is 238 Å². The molecule has 208 valence electrons. The molecule has 0 bridgehead atoms. The van der Waals surface area contributed by atoms with Gasteiger partial charge in [0.1, 0.15) is 5.65 Å². The zero-order valence-corrected chi connectivity index (χ0v) is 23.4. The molecule has 1 saturated heterocycles. The standard InChI is InChI=1S/C32H34N8O/c1-18-23(6-3-7-26(18)36-31(41)21-12-10-20(11-13-21)19-8-9-19)29-24-15-27(35-30(24)38-32(33)37-29)25-16-34-39-28(25)22-5-4-14-40(2)17-22/h3,6-7,10-13,15-16,19,22H,4-5,8-9,14,17H2,1-2H3,(H,34,39)(H,36,41)(H3,33,35,37,38). The molecule has 3 aromatic heterocycles. The molecule has 1 aliphatic heterocycles. The van der Waals surface area contributed by atoms with Gasteiger partial charge in [0.05, 0.1) is 17.1 Å². The number of nitrogens with zero attached hydrogens (tertiary/aromatic N) is 4. The summed E-state index contributed by atoms with van der Waals surface area (Å²) in [4.78, 5) is 28.1. The van der Waals surface area contributed by atoms with Gasteiger partial charge in [-0.15, -0.1) is 0 Å². The number of benzene rings is 2. The van der Waals surface area contributed by atoms with Crippen LogP contribution in [0.2, 0.25) is 0 Å². The number of anilines is 2. The lowest BCUT2D eigenvalue weighted by molar-refractivity contribution is 0.102. The number of aromatic amines is 2. The predicted octanol–water partition coefficient (Wildman–Crippen LogP) is 5.84. The first kappa shape index (κ1) is 25.5. The Balaban J connectivity index is 1.22. The van der Waals surface area contributed by atoms with Crippen LogP contribution in [0.3, 0.4) is 0 Å². The van der Waals surface area contributed by atoms with Crippen molar-refractivity contribution >= 4 is 28.6 Å². The summed E-state index contributed by atoms with van der Waals surface area (Å²) in [5.41, 5.74) is 15.1. The highest BCUT2D eigenvalue weighted by Gasteiger charge is 2.26. The molecule has 5 aromatic rings. The fourth-order valence-corrected chi connectivity index (χ4v) is 6.14. The number of piperidine rings is 1. The van der Waals surface area contributed by atoms with E-state index in [-0.39, 0.29) is 11.9 Å². The van der Waals surface area contributed by atoms with E-state index in [9.17, 15) is 4.79 Å². The third kappa shape index (κ3) is 4.86. The third-order valence-electron chi connectivity index (χ3n) is 8.53. The van der Waals surface area contributed by atoms with E-state index in [1.807, 2.05) is 43.5 Å². The van der Waals surface area contributed by atoms with Crippen LogP contribution in [0.15, 0.2) is 54.7 Å². The first-order valence-corrected chi connectivity index (χ1v) is 14.3. The Morgan fingerprint density at radius 1 is 1.05 bits per heavy atom. The maximum Gasteiger partial charge on any atom is 0.255 e. The van der Waals surface area contributed by atoms with Crippen LogP contribution in [0, 0.1) is 6.92 Å². The Hall–Kier alpha value is -4.50. The molecule has 5 N–H and O–H groups in total. The van der Waals surface area contributed by atoms with Crippen molar-refractivity contribution in [2.24, 2.45) is 0 Å². The van der Waals surface area contributed by atoms with E-state index in [4.69, 9.17) is 5.73 Å². The molecule has 9 nitrogen and oxygen atoms in total.